The van der Waals surface area contributed by atoms with Gasteiger partial charge in [-0.15, -0.1) is 0 Å². The summed E-state index contributed by atoms with van der Waals surface area (Å²) in [5, 5.41) is 3.61. The molecular formula is C29H33Cl2N3O5S. The van der Waals surface area contributed by atoms with E-state index in [1.165, 1.54) is 30.2 Å². The molecule has 0 fully saturated rings. The number of hydrogen-bond donors (Lipinski definition) is 1. The van der Waals surface area contributed by atoms with E-state index in [0.717, 1.165) is 4.31 Å². The van der Waals surface area contributed by atoms with Crippen LogP contribution in [0.5, 0.6) is 5.75 Å². The number of halogens is 2. The third-order valence-electron chi connectivity index (χ3n) is 6.12. The second-order valence-electron chi connectivity index (χ2n) is 9.37. The number of ether oxygens (including phenoxy) is 1. The Hall–Kier alpha value is -3.27. The average molecular weight is 607 g/mol. The maximum absolute atomic E-state index is 14.1. The fourth-order valence-corrected chi connectivity index (χ4v) is 6.04. The van der Waals surface area contributed by atoms with Crippen molar-refractivity contribution in [2.45, 2.75) is 50.7 Å². The number of methoxy groups -OCH3 is 1. The van der Waals surface area contributed by atoms with E-state index in [-0.39, 0.29) is 29.1 Å². The van der Waals surface area contributed by atoms with Crippen molar-refractivity contribution in [3.8, 4) is 5.75 Å². The minimum Gasteiger partial charge on any atom is -0.497 e. The first kappa shape index (κ1) is 31.3. The van der Waals surface area contributed by atoms with Gasteiger partial charge in [0, 0.05) is 28.7 Å². The number of carbonyl (C=O) groups is 2. The second kappa shape index (κ2) is 13.9. The second-order valence-corrected chi connectivity index (χ2v) is 12.1. The van der Waals surface area contributed by atoms with Gasteiger partial charge in [-0.25, -0.2) is 8.42 Å². The molecule has 8 nitrogen and oxygen atoms in total. The van der Waals surface area contributed by atoms with Crippen molar-refractivity contribution in [1.29, 1.82) is 0 Å². The molecule has 2 amide bonds. The Labute approximate surface area is 245 Å². The fourth-order valence-electron chi connectivity index (χ4n) is 4.15. The molecular weight excluding hydrogens is 573 g/mol. The Morgan fingerprint density at radius 2 is 1.68 bits per heavy atom. The topological polar surface area (TPSA) is 96.0 Å². The molecule has 0 saturated heterocycles. The van der Waals surface area contributed by atoms with Gasteiger partial charge in [-0.05, 0) is 62.2 Å². The molecule has 0 aliphatic carbocycles. The first-order chi connectivity index (χ1) is 19.0. The van der Waals surface area contributed by atoms with E-state index in [1.807, 2.05) is 13.8 Å². The number of rotatable bonds is 12. The van der Waals surface area contributed by atoms with Gasteiger partial charge in [0.05, 0.1) is 17.7 Å². The van der Waals surface area contributed by atoms with Crippen LogP contribution in [0.2, 0.25) is 10.0 Å². The summed E-state index contributed by atoms with van der Waals surface area (Å²) in [4.78, 5) is 28.7. The molecule has 1 atom stereocenters. The van der Waals surface area contributed by atoms with E-state index in [1.54, 1.807) is 61.5 Å². The lowest BCUT2D eigenvalue weighted by molar-refractivity contribution is -0.140. The van der Waals surface area contributed by atoms with Crippen molar-refractivity contribution in [3.05, 3.63) is 88.4 Å². The Kier molecular flexibility index (Phi) is 10.8. The number of anilines is 1. The summed E-state index contributed by atoms with van der Waals surface area (Å²) in [6.07, 6.45) is 0.292. The van der Waals surface area contributed by atoms with Gasteiger partial charge in [0.15, 0.2) is 0 Å². The van der Waals surface area contributed by atoms with Gasteiger partial charge in [0.2, 0.25) is 11.8 Å². The van der Waals surface area contributed by atoms with Gasteiger partial charge < -0.3 is 15.0 Å². The average Bonchev–Trinajstić information content (AvgIpc) is 2.92. The first-order valence-electron chi connectivity index (χ1n) is 12.7. The van der Waals surface area contributed by atoms with E-state index in [9.17, 15) is 18.0 Å². The van der Waals surface area contributed by atoms with E-state index in [4.69, 9.17) is 27.9 Å². The molecule has 1 N–H and O–H groups in total. The molecule has 0 bridgehead atoms. The van der Waals surface area contributed by atoms with E-state index in [0.29, 0.717) is 27.8 Å². The molecule has 0 saturated carbocycles. The first-order valence-corrected chi connectivity index (χ1v) is 14.9. The zero-order valence-electron chi connectivity index (χ0n) is 22.8. The molecule has 0 unspecified atom stereocenters. The van der Waals surface area contributed by atoms with Crippen LogP contribution in [0.3, 0.4) is 0 Å². The highest BCUT2D eigenvalue weighted by Gasteiger charge is 2.34. The van der Waals surface area contributed by atoms with Crippen LogP contribution in [0.1, 0.15) is 32.8 Å². The van der Waals surface area contributed by atoms with E-state index >= 15 is 0 Å². The third-order valence-corrected chi connectivity index (χ3v) is 8.50. The van der Waals surface area contributed by atoms with Gasteiger partial charge in [-0.2, -0.15) is 0 Å². The standard InChI is InChI=1S/C29H33Cl2N3O5S/c1-5-27(29(36)32-20(2)3)33(18-21-14-15-22(30)16-26(21)31)28(35)19-34(23-10-9-11-24(17-23)39-4)40(37,38)25-12-7-6-8-13-25/h6-17,20,27H,5,18-19H2,1-4H3,(H,32,36)/t27-/m0/s1. The molecule has 0 spiro atoms. The summed E-state index contributed by atoms with van der Waals surface area (Å²) < 4.78 is 34.0. The number of hydrogen-bond acceptors (Lipinski definition) is 5. The molecule has 3 aromatic rings. The summed E-state index contributed by atoms with van der Waals surface area (Å²) in [5.41, 5.74) is 0.801. The van der Waals surface area contributed by atoms with Crippen LogP contribution >= 0.6 is 23.2 Å². The molecule has 0 aromatic heterocycles. The molecule has 3 aromatic carbocycles. The van der Waals surface area contributed by atoms with Crippen LogP contribution < -0.4 is 14.4 Å². The summed E-state index contributed by atoms with van der Waals surface area (Å²) in [6, 6.07) is 18.1. The maximum atomic E-state index is 14.1. The van der Waals surface area contributed by atoms with Crippen LogP contribution in [-0.2, 0) is 26.2 Å². The zero-order chi connectivity index (χ0) is 29.4. The molecule has 0 radical (unpaired) electrons. The predicted molar refractivity (Wildman–Crippen MR) is 158 cm³/mol. The number of carbonyl (C=O) groups excluding carboxylic acids is 2. The number of amides is 2. The number of benzene rings is 3. The Morgan fingerprint density at radius 1 is 0.975 bits per heavy atom. The normalized spacial score (nSPS) is 12.1. The Morgan fingerprint density at radius 3 is 2.27 bits per heavy atom. The SMILES string of the molecule is CC[C@@H](C(=O)NC(C)C)N(Cc1ccc(Cl)cc1Cl)C(=O)CN(c1cccc(OC)c1)S(=O)(=O)c1ccccc1. The summed E-state index contributed by atoms with van der Waals surface area (Å²) in [5.74, 6) is -0.514. The summed E-state index contributed by atoms with van der Waals surface area (Å²) in [6.45, 7) is 4.83. The monoisotopic (exact) mass is 605 g/mol. The highest BCUT2D eigenvalue weighted by Crippen LogP contribution is 2.28. The fraction of sp³-hybridized carbons (Fsp3) is 0.310. The third kappa shape index (κ3) is 7.68. The summed E-state index contributed by atoms with van der Waals surface area (Å²) >= 11 is 12.5. The molecule has 0 aliphatic heterocycles. The largest absolute Gasteiger partial charge is 0.497 e. The lowest BCUT2D eigenvalue weighted by atomic mass is 10.1. The number of nitrogens with zero attached hydrogens (tertiary/aromatic N) is 2. The van der Waals surface area contributed by atoms with Crippen molar-refractivity contribution in [1.82, 2.24) is 10.2 Å². The highest BCUT2D eigenvalue weighted by atomic mass is 35.5. The molecule has 0 heterocycles. The minimum absolute atomic E-state index is 0.0162. The van der Waals surface area contributed by atoms with Crippen LogP contribution in [0.25, 0.3) is 0 Å². The van der Waals surface area contributed by atoms with Crippen molar-refractivity contribution in [2.24, 2.45) is 0 Å². The lowest BCUT2D eigenvalue weighted by Gasteiger charge is -2.33. The lowest BCUT2D eigenvalue weighted by Crippen LogP contribution is -2.53. The van der Waals surface area contributed by atoms with Crippen molar-refractivity contribution >= 4 is 50.7 Å². The van der Waals surface area contributed by atoms with Crippen LogP contribution in [0, 0.1) is 0 Å². The van der Waals surface area contributed by atoms with Crippen LogP contribution in [0.15, 0.2) is 77.7 Å². The zero-order valence-corrected chi connectivity index (χ0v) is 25.1. The minimum atomic E-state index is -4.18. The van der Waals surface area contributed by atoms with E-state index in [2.05, 4.69) is 5.32 Å². The quantitative estimate of drug-likeness (QED) is 0.293. The summed E-state index contributed by atoms with van der Waals surface area (Å²) in [7, 11) is -2.71. The van der Waals surface area contributed by atoms with Crippen LogP contribution in [-0.4, -0.2) is 50.9 Å². The van der Waals surface area contributed by atoms with Crippen molar-refractivity contribution in [2.75, 3.05) is 18.0 Å². The Balaban J connectivity index is 2.09. The van der Waals surface area contributed by atoms with E-state index < -0.39 is 28.5 Å². The van der Waals surface area contributed by atoms with Gasteiger partial charge in [-0.1, -0.05) is 60.5 Å². The van der Waals surface area contributed by atoms with Gasteiger partial charge in [0.25, 0.3) is 10.0 Å². The van der Waals surface area contributed by atoms with Crippen LogP contribution in [0.4, 0.5) is 5.69 Å². The molecule has 214 valence electrons. The van der Waals surface area contributed by atoms with Crippen molar-refractivity contribution < 1.29 is 22.7 Å². The Bertz CT molecular complexity index is 1430. The molecule has 40 heavy (non-hydrogen) atoms. The highest BCUT2D eigenvalue weighted by molar-refractivity contribution is 7.92. The smallest absolute Gasteiger partial charge is 0.264 e. The van der Waals surface area contributed by atoms with Gasteiger partial charge in [0.1, 0.15) is 18.3 Å². The predicted octanol–water partition coefficient (Wildman–Crippen LogP) is 5.53. The number of sulfonamides is 1. The number of nitrogens with one attached hydrogen (secondary N) is 1. The maximum Gasteiger partial charge on any atom is 0.264 e. The molecule has 3 rings (SSSR count). The molecule has 0 aliphatic rings. The van der Waals surface area contributed by atoms with Gasteiger partial charge >= 0.3 is 0 Å². The van der Waals surface area contributed by atoms with Crippen molar-refractivity contribution in [3.63, 3.8) is 0 Å². The van der Waals surface area contributed by atoms with Gasteiger partial charge in [-0.3, -0.25) is 13.9 Å². The molecule has 11 heteroatoms.